The molecule has 1 atom stereocenters. The van der Waals surface area contributed by atoms with Gasteiger partial charge in [-0.1, -0.05) is 12.1 Å². The van der Waals surface area contributed by atoms with Gasteiger partial charge in [0.2, 0.25) is 0 Å². The molecule has 1 fully saturated rings. The quantitative estimate of drug-likeness (QED) is 0.611. The van der Waals surface area contributed by atoms with E-state index in [4.69, 9.17) is 0 Å². The Kier molecular flexibility index (Phi) is 5.74. The van der Waals surface area contributed by atoms with E-state index in [2.05, 4.69) is 19.9 Å². The van der Waals surface area contributed by atoms with Crippen molar-refractivity contribution in [2.75, 3.05) is 22.7 Å². The molecule has 9 heteroatoms. The van der Waals surface area contributed by atoms with Gasteiger partial charge < -0.3 is 10.2 Å². The van der Waals surface area contributed by atoms with Crippen molar-refractivity contribution in [2.24, 2.45) is 0 Å². The van der Waals surface area contributed by atoms with Crippen LogP contribution in [0.4, 0.5) is 10.8 Å². The standard InChI is InChI=1S/C21H22N4O3S2/c1-15-3-2-4-19(13-15)30(27,28)24-17-7-5-16(6-8-17)20(26)23-18-9-11-25(14-18)21-22-10-12-29-21/h2-8,10,12-13,18,24H,9,11,14H2,1H3,(H,23,26)/t18-/m1/s1. The van der Waals surface area contributed by atoms with Crippen LogP contribution in [0.1, 0.15) is 22.3 Å². The number of hydrogen-bond donors (Lipinski definition) is 2. The van der Waals surface area contributed by atoms with Crippen LogP contribution in [0.2, 0.25) is 0 Å². The number of nitrogens with zero attached hydrogens (tertiary/aromatic N) is 2. The Labute approximate surface area is 179 Å². The van der Waals surface area contributed by atoms with E-state index in [0.717, 1.165) is 30.2 Å². The van der Waals surface area contributed by atoms with Crippen molar-refractivity contribution in [3.8, 4) is 0 Å². The first-order valence-electron chi connectivity index (χ1n) is 9.55. The van der Waals surface area contributed by atoms with Gasteiger partial charge in [-0.2, -0.15) is 0 Å². The lowest BCUT2D eigenvalue weighted by Crippen LogP contribution is -2.37. The number of carbonyl (C=O) groups is 1. The fourth-order valence-corrected chi connectivity index (χ4v) is 5.22. The average molecular weight is 443 g/mol. The normalized spacial score (nSPS) is 16.4. The van der Waals surface area contributed by atoms with E-state index in [0.29, 0.717) is 11.3 Å². The molecule has 0 spiro atoms. The van der Waals surface area contributed by atoms with E-state index in [1.807, 2.05) is 18.4 Å². The van der Waals surface area contributed by atoms with Crippen molar-refractivity contribution >= 4 is 38.1 Å². The smallest absolute Gasteiger partial charge is 0.261 e. The van der Waals surface area contributed by atoms with Gasteiger partial charge in [-0.15, -0.1) is 11.3 Å². The van der Waals surface area contributed by atoms with Gasteiger partial charge in [-0.3, -0.25) is 9.52 Å². The summed E-state index contributed by atoms with van der Waals surface area (Å²) in [7, 11) is -3.68. The van der Waals surface area contributed by atoms with E-state index in [-0.39, 0.29) is 16.8 Å². The largest absolute Gasteiger partial charge is 0.347 e. The topological polar surface area (TPSA) is 91.4 Å². The van der Waals surface area contributed by atoms with Crippen LogP contribution in [0.25, 0.3) is 0 Å². The average Bonchev–Trinajstić information content (AvgIpc) is 3.40. The van der Waals surface area contributed by atoms with Crippen LogP contribution >= 0.6 is 11.3 Å². The molecule has 1 saturated heterocycles. The zero-order valence-electron chi connectivity index (χ0n) is 16.4. The zero-order chi connectivity index (χ0) is 21.1. The van der Waals surface area contributed by atoms with Gasteiger partial charge in [0.15, 0.2) is 5.13 Å². The number of nitrogens with one attached hydrogen (secondary N) is 2. The molecule has 2 heterocycles. The summed E-state index contributed by atoms with van der Waals surface area (Å²) in [6.07, 6.45) is 2.64. The highest BCUT2D eigenvalue weighted by atomic mass is 32.2. The number of amides is 1. The third kappa shape index (κ3) is 4.63. The van der Waals surface area contributed by atoms with Crippen LogP contribution in [0.15, 0.2) is 65.0 Å². The molecule has 0 aliphatic carbocycles. The highest BCUT2D eigenvalue weighted by Gasteiger charge is 2.25. The van der Waals surface area contributed by atoms with Gasteiger partial charge in [0.25, 0.3) is 15.9 Å². The number of anilines is 2. The molecule has 30 heavy (non-hydrogen) atoms. The molecule has 4 rings (SSSR count). The van der Waals surface area contributed by atoms with Crippen LogP contribution in [0.5, 0.6) is 0 Å². The minimum absolute atomic E-state index is 0.0564. The van der Waals surface area contributed by atoms with Gasteiger partial charge in [0.05, 0.1) is 4.90 Å². The van der Waals surface area contributed by atoms with Gasteiger partial charge in [-0.05, 0) is 55.3 Å². The number of carbonyl (C=O) groups excluding carboxylic acids is 1. The summed E-state index contributed by atoms with van der Waals surface area (Å²) in [4.78, 5) is 19.2. The van der Waals surface area contributed by atoms with Crippen LogP contribution in [0, 0.1) is 6.92 Å². The maximum atomic E-state index is 12.6. The number of rotatable bonds is 6. The Morgan fingerprint density at radius 3 is 2.70 bits per heavy atom. The minimum Gasteiger partial charge on any atom is -0.347 e. The summed E-state index contributed by atoms with van der Waals surface area (Å²) in [5, 5.41) is 5.95. The number of thiazole rings is 1. The molecule has 0 radical (unpaired) electrons. The Balaban J connectivity index is 1.37. The van der Waals surface area contributed by atoms with Crippen LogP contribution in [0.3, 0.4) is 0 Å². The van der Waals surface area contributed by atoms with Crippen molar-refractivity contribution in [1.29, 1.82) is 0 Å². The summed E-state index contributed by atoms with van der Waals surface area (Å²) in [5.74, 6) is -0.172. The summed E-state index contributed by atoms with van der Waals surface area (Å²) in [6, 6.07) is 13.2. The number of aromatic nitrogens is 1. The molecule has 0 bridgehead atoms. The van der Waals surface area contributed by atoms with E-state index in [9.17, 15) is 13.2 Å². The first-order chi connectivity index (χ1) is 14.4. The Hall–Kier alpha value is -2.91. The van der Waals surface area contributed by atoms with Gasteiger partial charge in [-0.25, -0.2) is 13.4 Å². The lowest BCUT2D eigenvalue weighted by Gasteiger charge is -2.16. The summed E-state index contributed by atoms with van der Waals surface area (Å²) in [5.41, 5.74) is 1.76. The van der Waals surface area contributed by atoms with E-state index in [1.54, 1.807) is 60.0 Å². The maximum absolute atomic E-state index is 12.6. The molecule has 1 aliphatic rings. The third-order valence-corrected chi connectivity index (χ3v) is 7.12. The summed E-state index contributed by atoms with van der Waals surface area (Å²) < 4.78 is 27.6. The van der Waals surface area contributed by atoms with Gasteiger partial charge >= 0.3 is 0 Å². The lowest BCUT2D eigenvalue weighted by atomic mass is 10.1. The van der Waals surface area contributed by atoms with Crippen molar-refractivity contribution in [2.45, 2.75) is 24.3 Å². The van der Waals surface area contributed by atoms with Crippen LogP contribution in [-0.2, 0) is 10.0 Å². The predicted molar refractivity (Wildman–Crippen MR) is 119 cm³/mol. The summed E-state index contributed by atoms with van der Waals surface area (Å²) in [6.45, 7) is 3.43. The van der Waals surface area contributed by atoms with Crippen molar-refractivity contribution < 1.29 is 13.2 Å². The fourth-order valence-electron chi connectivity index (χ4n) is 3.38. The molecule has 0 saturated carbocycles. The Morgan fingerprint density at radius 1 is 1.20 bits per heavy atom. The molecule has 7 nitrogen and oxygen atoms in total. The van der Waals surface area contributed by atoms with Crippen molar-refractivity contribution in [1.82, 2.24) is 10.3 Å². The molecule has 2 N–H and O–H groups in total. The predicted octanol–water partition coefficient (Wildman–Crippen LogP) is 3.26. The second-order valence-electron chi connectivity index (χ2n) is 7.22. The number of sulfonamides is 1. The van der Waals surface area contributed by atoms with Crippen LogP contribution in [-0.4, -0.2) is 38.4 Å². The number of hydrogen-bond acceptors (Lipinski definition) is 6. The Bertz CT molecular complexity index is 1130. The number of aryl methyl sites for hydroxylation is 1. The molecular formula is C21H22N4O3S2. The molecule has 2 aromatic carbocycles. The first kappa shape index (κ1) is 20.4. The third-order valence-electron chi connectivity index (χ3n) is 4.91. The molecule has 1 aromatic heterocycles. The molecule has 156 valence electrons. The minimum atomic E-state index is -3.68. The van der Waals surface area contributed by atoms with Crippen molar-refractivity contribution in [3.05, 3.63) is 71.2 Å². The lowest BCUT2D eigenvalue weighted by molar-refractivity contribution is 0.0940. The second kappa shape index (κ2) is 8.45. The van der Waals surface area contributed by atoms with E-state index >= 15 is 0 Å². The molecule has 0 unspecified atom stereocenters. The van der Waals surface area contributed by atoms with Gasteiger partial charge in [0, 0.05) is 42.0 Å². The van der Waals surface area contributed by atoms with Gasteiger partial charge in [0.1, 0.15) is 0 Å². The Morgan fingerprint density at radius 2 is 2.00 bits per heavy atom. The maximum Gasteiger partial charge on any atom is 0.261 e. The molecular weight excluding hydrogens is 420 g/mol. The SMILES string of the molecule is Cc1cccc(S(=O)(=O)Nc2ccc(C(=O)N[C@@H]3CCN(c4nccs4)C3)cc2)c1. The highest BCUT2D eigenvalue weighted by Crippen LogP contribution is 2.23. The molecule has 1 amide bonds. The van der Waals surface area contributed by atoms with Crippen LogP contribution < -0.4 is 14.9 Å². The highest BCUT2D eigenvalue weighted by molar-refractivity contribution is 7.92. The molecule has 1 aliphatic heterocycles. The summed E-state index contributed by atoms with van der Waals surface area (Å²) >= 11 is 1.59. The molecule has 3 aromatic rings. The zero-order valence-corrected chi connectivity index (χ0v) is 18.0. The monoisotopic (exact) mass is 442 g/mol. The first-order valence-corrected chi connectivity index (χ1v) is 11.9. The van der Waals surface area contributed by atoms with E-state index in [1.165, 1.54) is 0 Å². The fraction of sp³-hybridized carbons (Fsp3) is 0.238. The number of benzene rings is 2. The van der Waals surface area contributed by atoms with Crippen molar-refractivity contribution in [3.63, 3.8) is 0 Å². The second-order valence-corrected chi connectivity index (χ2v) is 9.77. The van der Waals surface area contributed by atoms with E-state index < -0.39 is 10.0 Å².